The molecule has 0 radical (unpaired) electrons. The number of thioether (sulfide) groups is 1. The maximum absolute atomic E-state index is 14.0. The minimum atomic E-state index is -3.14. The molecular formula is C25H27NO10S. The van der Waals surface area contributed by atoms with Crippen LogP contribution in [-0.4, -0.2) is 89.1 Å². The lowest BCUT2D eigenvalue weighted by Crippen LogP contribution is -2.85. The molecule has 0 aromatic heterocycles. The predicted molar refractivity (Wildman–Crippen MR) is 129 cm³/mol. The van der Waals surface area contributed by atoms with E-state index >= 15 is 0 Å². The summed E-state index contributed by atoms with van der Waals surface area (Å²) in [6.45, 7) is 2.68. The summed E-state index contributed by atoms with van der Waals surface area (Å²) in [6, 6.07) is 2.25. The largest absolute Gasteiger partial charge is 0.507 e. The third-order valence-electron chi connectivity index (χ3n) is 7.75. The number of aromatic hydroxyl groups is 1. The highest BCUT2D eigenvalue weighted by molar-refractivity contribution is 7.99. The fourth-order valence-electron chi connectivity index (χ4n) is 6.00. The van der Waals surface area contributed by atoms with E-state index in [4.69, 9.17) is 0 Å². The lowest BCUT2D eigenvalue weighted by Gasteiger charge is -2.63. The molecule has 5 atom stereocenters. The Morgan fingerprint density at radius 3 is 2.38 bits per heavy atom. The van der Waals surface area contributed by atoms with Crippen LogP contribution in [0.3, 0.4) is 0 Å². The van der Waals surface area contributed by atoms with Gasteiger partial charge in [0.05, 0.1) is 11.0 Å². The van der Waals surface area contributed by atoms with Crippen molar-refractivity contribution in [1.29, 1.82) is 0 Å². The van der Waals surface area contributed by atoms with Crippen molar-refractivity contribution in [1.82, 2.24) is 5.32 Å². The highest BCUT2D eigenvalue weighted by Gasteiger charge is 2.81. The Balaban J connectivity index is 1.89. The maximum Gasteiger partial charge on any atom is 0.327 e. The number of phenols is 1. The van der Waals surface area contributed by atoms with Gasteiger partial charge in [-0.15, -0.1) is 0 Å². The zero-order valence-electron chi connectivity index (χ0n) is 20.1. The molecule has 6 N–H and O–H groups in total. The second-order valence-corrected chi connectivity index (χ2v) is 11.1. The summed E-state index contributed by atoms with van der Waals surface area (Å²) in [5, 5.41) is 57.7. The quantitative estimate of drug-likeness (QED) is 0.287. The van der Waals surface area contributed by atoms with Gasteiger partial charge in [0.1, 0.15) is 17.4 Å². The molecule has 3 aliphatic rings. The number of aliphatic hydroxyl groups is 3. The van der Waals surface area contributed by atoms with Gasteiger partial charge in [-0.25, -0.2) is 4.79 Å². The molecule has 198 valence electrons. The topological polar surface area (TPSA) is 199 Å². The van der Waals surface area contributed by atoms with Crippen molar-refractivity contribution in [3.8, 4) is 5.75 Å². The number of rotatable bonds is 6. The van der Waals surface area contributed by atoms with Crippen LogP contribution in [0.15, 0.2) is 29.8 Å². The lowest BCUT2D eigenvalue weighted by atomic mass is 9.43. The van der Waals surface area contributed by atoms with Crippen LogP contribution in [0.1, 0.15) is 53.8 Å². The first-order valence-corrected chi connectivity index (χ1v) is 12.7. The molecule has 0 saturated heterocycles. The summed E-state index contributed by atoms with van der Waals surface area (Å²) in [5.74, 6) is -6.52. The van der Waals surface area contributed by atoms with Gasteiger partial charge >= 0.3 is 5.97 Å². The minimum Gasteiger partial charge on any atom is -0.507 e. The highest BCUT2D eigenvalue weighted by atomic mass is 32.2. The number of benzene rings is 1. The van der Waals surface area contributed by atoms with Crippen molar-refractivity contribution in [2.24, 2.45) is 5.41 Å². The number of amides is 1. The second kappa shape index (κ2) is 8.76. The Morgan fingerprint density at radius 1 is 1.08 bits per heavy atom. The van der Waals surface area contributed by atoms with E-state index in [9.17, 15) is 49.5 Å². The van der Waals surface area contributed by atoms with Crippen molar-refractivity contribution >= 4 is 41.0 Å². The van der Waals surface area contributed by atoms with Gasteiger partial charge in [0.15, 0.2) is 28.6 Å². The smallest absolute Gasteiger partial charge is 0.327 e. The Labute approximate surface area is 215 Å². The number of ketones is 3. The minimum absolute atomic E-state index is 0.237. The number of nitrogens with one attached hydrogen (secondary N) is 1. The molecule has 1 saturated carbocycles. The molecular weight excluding hydrogens is 506 g/mol. The molecule has 12 heteroatoms. The summed E-state index contributed by atoms with van der Waals surface area (Å²) < 4.78 is 0. The average Bonchev–Trinajstić information content (AvgIpc) is 2.80. The molecule has 0 aliphatic heterocycles. The zero-order chi connectivity index (χ0) is 27.6. The number of Topliss-reactive ketones (excluding diaryl/α,β-unsaturated/α-hetero) is 2. The van der Waals surface area contributed by atoms with Crippen LogP contribution < -0.4 is 5.32 Å². The Kier molecular flexibility index (Phi) is 6.39. The van der Waals surface area contributed by atoms with Crippen LogP contribution in [0.4, 0.5) is 0 Å². The molecule has 11 nitrogen and oxygen atoms in total. The second-order valence-electron chi connectivity index (χ2n) is 10.0. The van der Waals surface area contributed by atoms with E-state index in [1.807, 2.05) is 0 Å². The number of carbonyl (C=O) groups excluding carboxylic acids is 4. The summed E-state index contributed by atoms with van der Waals surface area (Å²) in [4.78, 5) is 64.3. The monoisotopic (exact) mass is 533 g/mol. The van der Waals surface area contributed by atoms with Gasteiger partial charge in [-0.1, -0.05) is 17.7 Å². The number of hydrogen-bond donors (Lipinski definition) is 6. The fourth-order valence-corrected chi connectivity index (χ4v) is 7.42. The summed E-state index contributed by atoms with van der Waals surface area (Å²) >= 11 is 0.809. The van der Waals surface area contributed by atoms with Gasteiger partial charge in [0.2, 0.25) is 5.91 Å². The van der Waals surface area contributed by atoms with E-state index < -0.39 is 80.1 Å². The summed E-state index contributed by atoms with van der Waals surface area (Å²) in [5.41, 5.74) is -11.1. The van der Waals surface area contributed by atoms with Gasteiger partial charge in [-0.05, 0) is 31.9 Å². The number of carboxylic acids is 1. The van der Waals surface area contributed by atoms with E-state index in [-0.39, 0.29) is 25.0 Å². The number of aliphatic carboxylic acids is 1. The van der Waals surface area contributed by atoms with Gasteiger partial charge < -0.3 is 30.8 Å². The van der Waals surface area contributed by atoms with Crippen molar-refractivity contribution in [3.05, 3.63) is 41.0 Å². The fraction of sp³-hybridized carbons (Fsp3) is 0.480. The molecule has 0 bridgehead atoms. The molecule has 4 rings (SSSR count). The predicted octanol–water partition coefficient (Wildman–Crippen LogP) is -0.0137. The Hall–Kier alpha value is -3.06. The van der Waals surface area contributed by atoms with Gasteiger partial charge in [-0.2, -0.15) is 11.8 Å². The van der Waals surface area contributed by atoms with Gasteiger partial charge in [-0.3, -0.25) is 19.2 Å². The molecule has 1 aromatic carbocycles. The van der Waals surface area contributed by atoms with Crippen molar-refractivity contribution in [2.75, 3.05) is 11.5 Å². The van der Waals surface area contributed by atoms with Crippen LogP contribution >= 0.6 is 11.8 Å². The highest BCUT2D eigenvalue weighted by Crippen LogP contribution is 2.62. The van der Waals surface area contributed by atoms with Gasteiger partial charge in [0, 0.05) is 30.4 Å². The standard InChI is InChI=1S/C25H27NO10S/c1-12-8-17(29)24(35)23(34,9-12)7-6-22(11-37-10-15(21(32)33)26-13(2)27)20(31)18-14(4-3-5-16(18)28)19(30)25(22,24)36/h3-5,8,15,28,34-36H,6-7,9-11H2,1-2H3,(H,26,27)(H,32,33). The maximum atomic E-state index is 14.0. The molecule has 0 spiro atoms. The van der Waals surface area contributed by atoms with E-state index in [0.29, 0.717) is 5.57 Å². The van der Waals surface area contributed by atoms with Crippen LogP contribution in [0.5, 0.6) is 5.75 Å². The van der Waals surface area contributed by atoms with E-state index in [2.05, 4.69) is 5.32 Å². The lowest BCUT2D eigenvalue weighted by molar-refractivity contribution is -0.264. The van der Waals surface area contributed by atoms with Crippen LogP contribution in [0.2, 0.25) is 0 Å². The van der Waals surface area contributed by atoms with Crippen LogP contribution in [0.25, 0.3) is 0 Å². The Morgan fingerprint density at radius 2 is 1.76 bits per heavy atom. The number of carbonyl (C=O) groups is 5. The number of phenolic OH excluding ortho intramolecular Hbond substituents is 1. The number of fused-ring (bicyclic) bond motifs is 4. The summed E-state index contributed by atoms with van der Waals surface area (Å²) in [7, 11) is 0. The van der Waals surface area contributed by atoms with E-state index in [0.717, 1.165) is 24.8 Å². The zero-order valence-corrected chi connectivity index (χ0v) is 20.9. The van der Waals surface area contributed by atoms with E-state index in [1.54, 1.807) is 6.92 Å². The van der Waals surface area contributed by atoms with Crippen LogP contribution in [-0.2, 0) is 14.4 Å². The summed E-state index contributed by atoms with van der Waals surface area (Å²) in [6.07, 6.45) is 0.0762. The SMILES string of the molecule is CC(=O)NC(CSCC12CCC3(O)CC(C)=CC(=O)C3(O)C1(O)C(=O)c1cccc(O)c1C2=O)C(=O)O. The van der Waals surface area contributed by atoms with E-state index in [1.165, 1.54) is 18.2 Å². The van der Waals surface area contributed by atoms with Crippen LogP contribution in [0, 0.1) is 5.41 Å². The Bertz CT molecular complexity index is 1280. The normalized spacial score (nSPS) is 33.5. The molecule has 5 unspecified atom stereocenters. The molecule has 3 aliphatic carbocycles. The van der Waals surface area contributed by atoms with Crippen molar-refractivity contribution < 1.29 is 49.5 Å². The van der Waals surface area contributed by atoms with Crippen molar-refractivity contribution in [3.63, 3.8) is 0 Å². The molecule has 0 heterocycles. The molecule has 37 heavy (non-hydrogen) atoms. The third-order valence-corrected chi connectivity index (χ3v) is 9.01. The number of hydrogen-bond acceptors (Lipinski definition) is 10. The molecule has 1 amide bonds. The first kappa shape index (κ1) is 27.0. The molecule has 1 fully saturated rings. The number of carboxylic acid groups (broad SMARTS) is 1. The average molecular weight is 534 g/mol. The first-order valence-electron chi connectivity index (χ1n) is 11.5. The van der Waals surface area contributed by atoms with Crippen molar-refractivity contribution in [2.45, 2.75) is 56.0 Å². The first-order chi connectivity index (χ1) is 17.2. The van der Waals surface area contributed by atoms with Gasteiger partial charge in [0.25, 0.3) is 0 Å². The third kappa shape index (κ3) is 3.50. The molecule has 1 aromatic rings.